The van der Waals surface area contributed by atoms with Gasteiger partial charge in [0.25, 0.3) is 5.91 Å². The highest BCUT2D eigenvalue weighted by Crippen LogP contribution is 2.24. The standard InChI is InChI=1S/C15H18ClN5O/c1-9(2)14-19-11-8-21(5-4-12(11)20(14)3)15(22)10-6-17-7-13(16)18-10/h6-7,9H,4-5,8H2,1-3H3. The van der Waals surface area contributed by atoms with Crippen molar-refractivity contribution in [1.82, 2.24) is 24.4 Å². The number of halogens is 1. The highest BCUT2D eigenvalue weighted by molar-refractivity contribution is 6.29. The molecule has 0 saturated heterocycles. The largest absolute Gasteiger partial charge is 0.334 e. The fourth-order valence-corrected chi connectivity index (χ4v) is 2.99. The van der Waals surface area contributed by atoms with Gasteiger partial charge in [-0.25, -0.2) is 9.97 Å². The topological polar surface area (TPSA) is 63.9 Å². The van der Waals surface area contributed by atoms with Crippen LogP contribution in [0, 0.1) is 0 Å². The van der Waals surface area contributed by atoms with Gasteiger partial charge in [0.2, 0.25) is 0 Å². The lowest BCUT2D eigenvalue weighted by Gasteiger charge is -2.26. The third-order valence-electron chi connectivity index (χ3n) is 3.92. The van der Waals surface area contributed by atoms with Gasteiger partial charge in [-0.05, 0) is 0 Å². The summed E-state index contributed by atoms with van der Waals surface area (Å²) >= 11 is 5.81. The predicted molar refractivity (Wildman–Crippen MR) is 82.8 cm³/mol. The smallest absolute Gasteiger partial charge is 0.274 e. The molecule has 0 aromatic carbocycles. The first-order valence-electron chi connectivity index (χ1n) is 7.28. The van der Waals surface area contributed by atoms with E-state index in [1.54, 1.807) is 4.90 Å². The maximum absolute atomic E-state index is 12.5. The summed E-state index contributed by atoms with van der Waals surface area (Å²) in [5.41, 5.74) is 2.46. The van der Waals surface area contributed by atoms with Crippen LogP contribution in [0.2, 0.25) is 5.15 Å². The first-order chi connectivity index (χ1) is 10.5. The van der Waals surface area contributed by atoms with Gasteiger partial charge in [0, 0.05) is 31.6 Å². The molecule has 0 aliphatic carbocycles. The lowest BCUT2D eigenvalue weighted by molar-refractivity contribution is 0.0724. The summed E-state index contributed by atoms with van der Waals surface area (Å²) < 4.78 is 2.15. The monoisotopic (exact) mass is 319 g/mol. The second-order valence-corrected chi connectivity index (χ2v) is 6.17. The maximum Gasteiger partial charge on any atom is 0.274 e. The van der Waals surface area contributed by atoms with Crippen LogP contribution in [0.5, 0.6) is 0 Å². The Balaban J connectivity index is 1.85. The SMILES string of the molecule is CC(C)c1nc2c(n1C)CCN(C(=O)c1cncc(Cl)n1)C2. The van der Waals surface area contributed by atoms with Gasteiger partial charge in [-0.2, -0.15) is 0 Å². The van der Waals surface area contributed by atoms with Crippen molar-refractivity contribution in [2.24, 2.45) is 7.05 Å². The number of hydrogen-bond donors (Lipinski definition) is 0. The highest BCUT2D eigenvalue weighted by atomic mass is 35.5. The van der Waals surface area contributed by atoms with Gasteiger partial charge in [0.1, 0.15) is 16.7 Å². The molecule has 1 aliphatic heterocycles. The van der Waals surface area contributed by atoms with Gasteiger partial charge in [0.05, 0.1) is 24.6 Å². The molecule has 0 N–H and O–H groups in total. The van der Waals surface area contributed by atoms with E-state index in [0.29, 0.717) is 19.0 Å². The summed E-state index contributed by atoms with van der Waals surface area (Å²) in [6.45, 7) is 5.40. The van der Waals surface area contributed by atoms with Crippen LogP contribution in [0.4, 0.5) is 0 Å². The summed E-state index contributed by atoms with van der Waals surface area (Å²) in [6.07, 6.45) is 3.66. The Morgan fingerprint density at radius 3 is 2.77 bits per heavy atom. The van der Waals surface area contributed by atoms with E-state index < -0.39 is 0 Å². The van der Waals surface area contributed by atoms with Crippen molar-refractivity contribution in [2.45, 2.75) is 32.7 Å². The van der Waals surface area contributed by atoms with Crippen molar-refractivity contribution in [3.05, 3.63) is 40.5 Å². The molecule has 0 saturated carbocycles. The highest BCUT2D eigenvalue weighted by Gasteiger charge is 2.27. The van der Waals surface area contributed by atoms with Gasteiger partial charge in [-0.3, -0.25) is 9.78 Å². The number of carbonyl (C=O) groups is 1. The zero-order chi connectivity index (χ0) is 15.9. The number of amides is 1. The Labute approximate surface area is 134 Å². The minimum Gasteiger partial charge on any atom is -0.334 e. The van der Waals surface area contributed by atoms with E-state index in [4.69, 9.17) is 16.6 Å². The number of rotatable bonds is 2. The van der Waals surface area contributed by atoms with Crippen molar-refractivity contribution in [3.8, 4) is 0 Å². The van der Waals surface area contributed by atoms with Crippen LogP contribution in [-0.2, 0) is 20.0 Å². The van der Waals surface area contributed by atoms with Gasteiger partial charge in [0.15, 0.2) is 0 Å². The zero-order valence-electron chi connectivity index (χ0n) is 12.9. The van der Waals surface area contributed by atoms with Gasteiger partial charge in [-0.1, -0.05) is 25.4 Å². The van der Waals surface area contributed by atoms with Crippen LogP contribution in [0.3, 0.4) is 0 Å². The number of imidazole rings is 1. The second-order valence-electron chi connectivity index (χ2n) is 5.78. The Kier molecular flexibility index (Phi) is 3.87. The Hall–Kier alpha value is -1.95. The van der Waals surface area contributed by atoms with E-state index in [2.05, 4.69) is 28.4 Å². The van der Waals surface area contributed by atoms with Crippen molar-refractivity contribution >= 4 is 17.5 Å². The second kappa shape index (κ2) is 5.68. The molecule has 116 valence electrons. The molecule has 1 amide bonds. The van der Waals surface area contributed by atoms with Crippen molar-refractivity contribution in [2.75, 3.05) is 6.54 Å². The number of aromatic nitrogens is 4. The lowest BCUT2D eigenvalue weighted by atomic mass is 10.1. The molecule has 6 nitrogen and oxygen atoms in total. The molecule has 0 bridgehead atoms. The summed E-state index contributed by atoms with van der Waals surface area (Å²) in [7, 11) is 2.04. The molecule has 7 heteroatoms. The van der Waals surface area contributed by atoms with Crippen LogP contribution in [0.15, 0.2) is 12.4 Å². The number of carbonyl (C=O) groups excluding carboxylic acids is 1. The number of hydrogen-bond acceptors (Lipinski definition) is 4. The first-order valence-corrected chi connectivity index (χ1v) is 7.66. The molecular weight excluding hydrogens is 302 g/mol. The first kappa shape index (κ1) is 15.0. The summed E-state index contributed by atoms with van der Waals surface area (Å²) in [6, 6.07) is 0. The Bertz CT molecular complexity index is 725. The minimum atomic E-state index is -0.155. The van der Waals surface area contributed by atoms with E-state index in [0.717, 1.165) is 17.9 Å². The molecule has 0 fully saturated rings. The van der Waals surface area contributed by atoms with Crippen LogP contribution in [-0.4, -0.2) is 36.9 Å². The molecule has 1 aliphatic rings. The third kappa shape index (κ3) is 2.59. The average Bonchev–Trinajstić information content (AvgIpc) is 2.83. The predicted octanol–water partition coefficient (Wildman–Crippen LogP) is 2.19. The molecule has 0 spiro atoms. The quantitative estimate of drug-likeness (QED) is 0.851. The maximum atomic E-state index is 12.5. The van der Waals surface area contributed by atoms with E-state index in [1.807, 2.05) is 7.05 Å². The number of nitrogens with zero attached hydrogens (tertiary/aromatic N) is 5. The molecule has 0 radical (unpaired) electrons. The zero-order valence-corrected chi connectivity index (χ0v) is 13.6. The van der Waals surface area contributed by atoms with Gasteiger partial charge >= 0.3 is 0 Å². The Morgan fingerprint density at radius 2 is 2.09 bits per heavy atom. The Morgan fingerprint density at radius 1 is 1.32 bits per heavy atom. The molecule has 22 heavy (non-hydrogen) atoms. The van der Waals surface area contributed by atoms with Gasteiger partial charge in [-0.15, -0.1) is 0 Å². The van der Waals surface area contributed by atoms with E-state index in [1.165, 1.54) is 18.1 Å². The van der Waals surface area contributed by atoms with Crippen molar-refractivity contribution < 1.29 is 4.79 Å². The molecule has 0 atom stereocenters. The van der Waals surface area contributed by atoms with E-state index >= 15 is 0 Å². The summed E-state index contributed by atoms with van der Waals surface area (Å²) in [4.78, 5) is 26.9. The summed E-state index contributed by atoms with van der Waals surface area (Å²) in [5, 5.41) is 0.225. The van der Waals surface area contributed by atoms with Crippen LogP contribution in [0.1, 0.15) is 47.5 Å². The lowest BCUT2D eigenvalue weighted by Crippen LogP contribution is -2.37. The van der Waals surface area contributed by atoms with Crippen LogP contribution >= 0.6 is 11.6 Å². The van der Waals surface area contributed by atoms with Crippen LogP contribution < -0.4 is 0 Å². The number of fused-ring (bicyclic) bond motifs is 1. The normalized spacial score (nSPS) is 14.3. The van der Waals surface area contributed by atoms with Crippen LogP contribution in [0.25, 0.3) is 0 Å². The third-order valence-corrected chi connectivity index (χ3v) is 4.10. The minimum absolute atomic E-state index is 0.155. The molecule has 3 heterocycles. The van der Waals surface area contributed by atoms with Crippen molar-refractivity contribution in [3.63, 3.8) is 0 Å². The van der Waals surface area contributed by atoms with E-state index in [9.17, 15) is 4.79 Å². The molecular formula is C15H18ClN5O. The average molecular weight is 320 g/mol. The molecule has 0 unspecified atom stereocenters. The summed E-state index contributed by atoms with van der Waals surface area (Å²) in [5.74, 6) is 1.26. The molecule has 2 aromatic rings. The molecule has 2 aromatic heterocycles. The fourth-order valence-electron chi connectivity index (χ4n) is 2.85. The molecule has 3 rings (SSSR count). The van der Waals surface area contributed by atoms with Crippen molar-refractivity contribution in [1.29, 1.82) is 0 Å². The van der Waals surface area contributed by atoms with Gasteiger partial charge < -0.3 is 9.47 Å². The van der Waals surface area contributed by atoms with E-state index in [-0.39, 0.29) is 16.8 Å². The fraction of sp³-hybridized carbons (Fsp3) is 0.467.